The van der Waals surface area contributed by atoms with Gasteiger partial charge in [-0.25, -0.2) is 9.67 Å². The van der Waals surface area contributed by atoms with E-state index in [1.807, 2.05) is 0 Å². The molecule has 0 radical (unpaired) electrons. The van der Waals surface area contributed by atoms with Crippen molar-refractivity contribution in [3.05, 3.63) is 65.1 Å². The molecule has 1 amide bonds. The third-order valence-electron chi connectivity index (χ3n) is 4.69. The third-order valence-corrected chi connectivity index (χ3v) is 4.69. The highest BCUT2D eigenvalue weighted by atomic mass is 19.4. The quantitative estimate of drug-likeness (QED) is 0.500. The first-order chi connectivity index (χ1) is 15.6. The number of nitrogens with zero attached hydrogens (tertiary/aromatic N) is 3. The molecular formula is C21H19F5N4O3. The van der Waals surface area contributed by atoms with E-state index >= 15 is 0 Å². The minimum Gasteiger partial charge on any atom is -0.493 e. The molecule has 2 heterocycles. The highest BCUT2D eigenvalue weighted by Crippen LogP contribution is 2.30. The molecule has 176 valence electrons. The second kappa shape index (κ2) is 9.84. The maximum atomic E-state index is 12.7. The minimum absolute atomic E-state index is 0.0970. The van der Waals surface area contributed by atoms with Crippen LogP contribution in [0.1, 0.15) is 27.2 Å². The van der Waals surface area contributed by atoms with Crippen LogP contribution in [0, 0.1) is 6.92 Å². The first-order valence-electron chi connectivity index (χ1n) is 9.58. The summed E-state index contributed by atoms with van der Waals surface area (Å²) in [5.41, 5.74) is 0.458. The monoisotopic (exact) mass is 470 g/mol. The highest BCUT2D eigenvalue weighted by Gasteiger charge is 2.30. The van der Waals surface area contributed by atoms with Gasteiger partial charge in [-0.05, 0) is 43.2 Å². The molecule has 1 aromatic carbocycles. The fourth-order valence-electron chi connectivity index (χ4n) is 3.02. The number of halogens is 5. The number of pyridine rings is 1. The molecule has 0 unspecified atom stereocenters. The number of carbonyl (C=O) groups excluding carboxylic acids is 1. The Morgan fingerprint density at radius 2 is 1.91 bits per heavy atom. The van der Waals surface area contributed by atoms with Crippen LogP contribution in [0.15, 0.2) is 42.7 Å². The predicted octanol–water partition coefficient (Wildman–Crippen LogP) is 4.18. The van der Waals surface area contributed by atoms with E-state index < -0.39 is 24.3 Å². The van der Waals surface area contributed by atoms with Crippen molar-refractivity contribution >= 4 is 5.91 Å². The highest BCUT2D eigenvalue weighted by molar-refractivity contribution is 5.95. The van der Waals surface area contributed by atoms with Gasteiger partial charge in [-0.2, -0.15) is 27.1 Å². The summed E-state index contributed by atoms with van der Waals surface area (Å²) >= 11 is 0. The van der Waals surface area contributed by atoms with Gasteiger partial charge in [0.15, 0.2) is 17.3 Å². The molecule has 0 atom stereocenters. The molecule has 0 aliphatic carbocycles. The van der Waals surface area contributed by atoms with Crippen LogP contribution in [0.4, 0.5) is 22.0 Å². The van der Waals surface area contributed by atoms with Gasteiger partial charge in [0.1, 0.15) is 0 Å². The molecule has 3 aromatic rings. The van der Waals surface area contributed by atoms with E-state index in [0.29, 0.717) is 18.3 Å². The van der Waals surface area contributed by atoms with E-state index in [1.165, 1.54) is 36.2 Å². The van der Waals surface area contributed by atoms with Crippen molar-refractivity contribution in [1.29, 1.82) is 0 Å². The SMILES string of the molecule is COc1cc(CCNC(=O)c2cnn(-c3ccc(C(F)(F)F)cn3)c2C)ccc1OC(F)F. The van der Waals surface area contributed by atoms with E-state index in [0.717, 1.165) is 11.6 Å². The smallest absolute Gasteiger partial charge is 0.417 e. The molecule has 0 aliphatic heterocycles. The molecule has 0 spiro atoms. The van der Waals surface area contributed by atoms with Crippen molar-refractivity contribution in [3.63, 3.8) is 0 Å². The van der Waals surface area contributed by atoms with Crippen molar-refractivity contribution in [1.82, 2.24) is 20.1 Å². The molecule has 0 fully saturated rings. The Morgan fingerprint density at radius 3 is 2.52 bits per heavy atom. The van der Waals surface area contributed by atoms with Gasteiger partial charge in [0.2, 0.25) is 0 Å². The summed E-state index contributed by atoms with van der Waals surface area (Å²) < 4.78 is 73.6. The molecular weight excluding hydrogens is 451 g/mol. The molecule has 12 heteroatoms. The summed E-state index contributed by atoms with van der Waals surface area (Å²) in [4.78, 5) is 16.3. The van der Waals surface area contributed by atoms with Crippen molar-refractivity contribution in [2.24, 2.45) is 0 Å². The molecule has 1 N–H and O–H groups in total. The van der Waals surface area contributed by atoms with Gasteiger partial charge in [0.25, 0.3) is 5.91 Å². The normalized spacial score (nSPS) is 11.5. The standard InChI is InChI=1S/C21H19F5N4O3/c1-12-15(11-29-30(12)18-6-4-14(10-28-18)21(24,25)26)19(31)27-8-7-13-3-5-16(33-20(22)23)17(9-13)32-2/h3-6,9-11,20H,7-8H2,1-2H3,(H,27,31). The Balaban J connectivity index is 1.63. The van der Waals surface area contributed by atoms with Crippen LogP contribution in [0.25, 0.3) is 5.82 Å². The average Bonchev–Trinajstić information content (AvgIpc) is 3.15. The first kappa shape index (κ1) is 24.0. The third kappa shape index (κ3) is 5.76. The van der Waals surface area contributed by atoms with E-state index in [4.69, 9.17) is 4.74 Å². The fraction of sp³-hybridized carbons (Fsp3) is 0.286. The van der Waals surface area contributed by atoms with Crippen LogP contribution in [0.3, 0.4) is 0 Å². The lowest BCUT2D eigenvalue weighted by atomic mass is 10.1. The maximum Gasteiger partial charge on any atom is 0.417 e. The van der Waals surface area contributed by atoms with E-state index in [2.05, 4.69) is 20.1 Å². The fourth-order valence-corrected chi connectivity index (χ4v) is 3.02. The number of carbonyl (C=O) groups is 1. The summed E-state index contributed by atoms with van der Waals surface area (Å²) in [6.07, 6.45) is -2.13. The van der Waals surface area contributed by atoms with Crippen molar-refractivity contribution < 1.29 is 36.2 Å². The van der Waals surface area contributed by atoms with Crippen LogP contribution in [0.2, 0.25) is 0 Å². The van der Waals surface area contributed by atoms with Gasteiger partial charge in [-0.3, -0.25) is 4.79 Å². The molecule has 0 aliphatic rings. The maximum absolute atomic E-state index is 12.7. The number of ether oxygens (including phenoxy) is 2. The number of alkyl halides is 5. The van der Waals surface area contributed by atoms with E-state index in [1.54, 1.807) is 13.0 Å². The van der Waals surface area contributed by atoms with Gasteiger partial charge >= 0.3 is 12.8 Å². The predicted molar refractivity (Wildman–Crippen MR) is 107 cm³/mol. The summed E-state index contributed by atoms with van der Waals surface area (Å²) in [6.45, 7) is -1.17. The van der Waals surface area contributed by atoms with Gasteiger partial charge in [0, 0.05) is 12.7 Å². The van der Waals surface area contributed by atoms with Crippen LogP contribution < -0.4 is 14.8 Å². The molecule has 3 rings (SSSR count). The molecule has 33 heavy (non-hydrogen) atoms. The molecule has 0 bridgehead atoms. The second-order valence-electron chi connectivity index (χ2n) is 6.83. The Bertz CT molecular complexity index is 1110. The average molecular weight is 470 g/mol. The second-order valence-corrected chi connectivity index (χ2v) is 6.83. The van der Waals surface area contributed by atoms with Gasteiger partial charge < -0.3 is 14.8 Å². The van der Waals surface area contributed by atoms with Crippen molar-refractivity contribution in [3.8, 4) is 17.3 Å². The number of hydrogen-bond donors (Lipinski definition) is 1. The first-order valence-corrected chi connectivity index (χ1v) is 9.58. The topological polar surface area (TPSA) is 78.3 Å². The zero-order valence-corrected chi connectivity index (χ0v) is 17.5. The number of rotatable bonds is 8. The number of benzene rings is 1. The lowest BCUT2D eigenvalue weighted by Gasteiger charge is -2.12. The van der Waals surface area contributed by atoms with Gasteiger partial charge in [-0.15, -0.1) is 0 Å². The van der Waals surface area contributed by atoms with Crippen LogP contribution in [-0.4, -0.2) is 40.9 Å². The Morgan fingerprint density at radius 1 is 1.15 bits per heavy atom. The molecule has 7 nitrogen and oxygen atoms in total. The van der Waals surface area contributed by atoms with Crippen molar-refractivity contribution in [2.75, 3.05) is 13.7 Å². The lowest BCUT2D eigenvalue weighted by molar-refractivity contribution is -0.137. The van der Waals surface area contributed by atoms with Gasteiger partial charge in [-0.1, -0.05) is 6.07 Å². The van der Waals surface area contributed by atoms with E-state index in [-0.39, 0.29) is 29.4 Å². The Hall–Kier alpha value is -3.70. The Kier molecular flexibility index (Phi) is 7.14. The molecule has 2 aromatic heterocycles. The van der Waals surface area contributed by atoms with E-state index in [9.17, 15) is 26.7 Å². The molecule has 0 saturated heterocycles. The zero-order chi connectivity index (χ0) is 24.2. The summed E-state index contributed by atoms with van der Waals surface area (Å²) in [5, 5.41) is 6.75. The number of amides is 1. The lowest BCUT2D eigenvalue weighted by Crippen LogP contribution is -2.26. The zero-order valence-electron chi connectivity index (χ0n) is 17.5. The van der Waals surface area contributed by atoms with Crippen LogP contribution in [0.5, 0.6) is 11.5 Å². The van der Waals surface area contributed by atoms with Crippen LogP contribution >= 0.6 is 0 Å². The number of aromatic nitrogens is 3. The summed E-state index contributed by atoms with van der Waals surface area (Å²) in [5.74, 6) is -0.256. The molecule has 0 saturated carbocycles. The number of methoxy groups -OCH3 is 1. The largest absolute Gasteiger partial charge is 0.493 e. The summed E-state index contributed by atoms with van der Waals surface area (Å²) in [7, 11) is 1.32. The van der Waals surface area contributed by atoms with Crippen LogP contribution in [-0.2, 0) is 12.6 Å². The number of nitrogens with one attached hydrogen (secondary N) is 1. The van der Waals surface area contributed by atoms with Gasteiger partial charge in [0.05, 0.1) is 30.1 Å². The minimum atomic E-state index is -4.50. The van der Waals surface area contributed by atoms with Crippen molar-refractivity contribution in [2.45, 2.75) is 26.1 Å². The number of hydrogen-bond acceptors (Lipinski definition) is 5. The summed E-state index contributed by atoms with van der Waals surface area (Å²) in [6, 6.07) is 6.51. The Labute approximate surface area is 185 Å².